The van der Waals surface area contributed by atoms with Crippen molar-refractivity contribution in [3.05, 3.63) is 63.7 Å². The van der Waals surface area contributed by atoms with Gasteiger partial charge in [0.1, 0.15) is 6.07 Å². The van der Waals surface area contributed by atoms with Crippen molar-refractivity contribution in [1.29, 1.82) is 5.26 Å². The number of amides is 1. The first-order valence-corrected chi connectivity index (χ1v) is 7.86. The Balaban J connectivity index is 2.09. The highest BCUT2D eigenvalue weighted by molar-refractivity contribution is 6.02. The van der Waals surface area contributed by atoms with Crippen LogP contribution in [0.2, 0.25) is 0 Å². The fraction of sp³-hybridized carbons (Fsp3) is 0.158. The zero-order chi connectivity index (χ0) is 19.8. The lowest BCUT2D eigenvalue weighted by atomic mass is 10.1. The molecule has 8 nitrogen and oxygen atoms in total. The molecule has 0 atom stereocenters. The number of nitriles is 1. The van der Waals surface area contributed by atoms with E-state index in [0.717, 1.165) is 0 Å². The zero-order valence-electron chi connectivity index (χ0n) is 14.8. The number of nitro groups is 1. The van der Waals surface area contributed by atoms with Crippen molar-refractivity contribution in [2.24, 2.45) is 0 Å². The molecule has 0 fully saturated rings. The molecule has 0 aromatic heterocycles. The molecule has 138 valence electrons. The number of carbonyl (C=O) groups excluding carboxylic acids is 1. The summed E-state index contributed by atoms with van der Waals surface area (Å²) in [5, 5.41) is 22.1. The van der Waals surface area contributed by atoms with Gasteiger partial charge in [-0.05, 0) is 36.8 Å². The van der Waals surface area contributed by atoms with Crippen LogP contribution < -0.4 is 14.8 Å². The minimum Gasteiger partial charge on any atom is -0.493 e. The van der Waals surface area contributed by atoms with E-state index in [1.165, 1.54) is 19.3 Å². The van der Waals surface area contributed by atoms with Crippen molar-refractivity contribution >= 4 is 23.4 Å². The van der Waals surface area contributed by atoms with Crippen molar-refractivity contribution in [3.8, 4) is 17.6 Å². The van der Waals surface area contributed by atoms with E-state index in [1.54, 1.807) is 43.3 Å². The van der Waals surface area contributed by atoms with E-state index >= 15 is 0 Å². The van der Waals surface area contributed by atoms with E-state index in [0.29, 0.717) is 28.3 Å². The Morgan fingerprint density at radius 3 is 2.74 bits per heavy atom. The number of nitro benzene ring substituents is 1. The van der Waals surface area contributed by atoms with Crippen LogP contribution in [0.3, 0.4) is 0 Å². The fourth-order valence-electron chi connectivity index (χ4n) is 2.26. The molecule has 0 saturated heterocycles. The summed E-state index contributed by atoms with van der Waals surface area (Å²) >= 11 is 0. The highest BCUT2D eigenvalue weighted by Gasteiger charge is 2.11. The summed E-state index contributed by atoms with van der Waals surface area (Å²) in [4.78, 5) is 22.5. The molecule has 0 heterocycles. The average molecular weight is 367 g/mol. The minimum atomic E-state index is -0.497. The van der Waals surface area contributed by atoms with Crippen molar-refractivity contribution < 1.29 is 19.2 Å². The van der Waals surface area contributed by atoms with Crippen LogP contribution in [0.1, 0.15) is 11.1 Å². The van der Waals surface area contributed by atoms with Gasteiger partial charge in [-0.25, -0.2) is 0 Å². The van der Waals surface area contributed by atoms with Crippen molar-refractivity contribution in [1.82, 2.24) is 0 Å². The Morgan fingerprint density at radius 1 is 1.30 bits per heavy atom. The first-order chi connectivity index (χ1) is 12.9. The number of carbonyl (C=O) groups is 1. The first kappa shape index (κ1) is 19.5. The molecule has 8 heteroatoms. The Labute approximate surface area is 155 Å². The molecule has 0 aliphatic rings. The fourth-order valence-corrected chi connectivity index (χ4v) is 2.26. The van der Waals surface area contributed by atoms with Crippen molar-refractivity contribution in [2.75, 3.05) is 19.0 Å². The second-order valence-electron chi connectivity index (χ2n) is 5.44. The number of rotatable bonds is 7. The van der Waals surface area contributed by atoms with E-state index in [1.807, 2.05) is 6.07 Å². The third-order valence-corrected chi connectivity index (χ3v) is 3.58. The number of hydrogen-bond donors (Lipinski definition) is 1. The molecule has 27 heavy (non-hydrogen) atoms. The largest absolute Gasteiger partial charge is 0.493 e. The molecule has 0 unspecified atom stereocenters. The van der Waals surface area contributed by atoms with Crippen molar-refractivity contribution in [3.63, 3.8) is 0 Å². The van der Waals surface area contributed by atoms with Crippen LogP contribution in [0, 0.1) is 28.4 Å². The van der Waals surface area contributed by atoms with Gasteiger partial charge in [0, 0.05) is 23.4 Å². The number of hydrogen-bond acceptors (Lipinski definition) is 6. The Kier molecular flexibility index (Phi) is 6.49. The van der Waals surface area contributed by atoms with Crippen LogP contribution in [-0.4, -0.2) is 24.5 Å². The number of anilines is 1. The maximum absolute atomic E-state index is 12.1. The van der Waals surface area contributed by atoms with Gasteiger partial charge >= 0.3 is 0 Å². The summed E-state index contributed by atoms with van der Waals surface area (Å²) in [6.45, 7) is 1.53. The van der Waals surface area contributed by atoms with Crippen LogP contribution in [0.5, 0.6) is 11.5 Å². The molecule has 0 radical (unpaired) electrons. The van der Waals surface area contributed by atoms with Crippen LogP contribution in [0.4, 0.5) is 11.4 Å². The lowest BCUT2D eigenvalue weighted by Crippen LogP contribution is -2.08. The van der Waals surface area contributed by atoms with Gasteiger partial charge in [-0.3, -0.25) is 14.9 Å². The Hall–Kier alpha value is -3.86. The predicted octanol–water partition coefficient (Wildman–Crippen LogP) is 3.47. The summed E-state index contributed by atoms with van der Waals surface area (Å²) < 4.78 is 10.4. The smallest absolute Gasteiger partial charge is 0.274 e. The van der Waals surface area contributed by atoms with Crippen molar-refractivity contribution in [2.45, 2.75) is 6.92 Å². The van der Waals surface area contributed by atoms with Gasteiger partial charge in [0.25, 0.3) is 5.69 Å². The number of methoxy groups -OCH3 is 1. The van der Waals surface area contributed by atoms with Gasteiger partial charge in [0.05, 0.1) is 12.0 Å². The summed E-state index contributed by atoms with van der Waals surface area (Å²) in [6, 6.07) is 11.4. The predicted molar refractivity (Wildman–Crippen MR) is 99.6 cm³/mol. The standard InChI is InChI=1S/C19H17N3O5/c1-13-3-6-15(12-16(13)22(24)25)21-19(23)8-5-14-4-7-17(27-10-9-20)18(11-14)26-2/h3-8,11-12H,10H2,1-2H3,(H,21,23)/b8-5+. The molecule has 1 N–H and O–H groups in total. The van der Waals surface area contributed by atoms with E-state index in [4.69, 9.17) is 14.7 Å². The highest BCUT2D eigenvalue weighted by atomic mass is 16.6. The quantitative estimate of drug-likeness (QED) is 0.455. The van der Waals surface area contributed by atoms with E-state index in [-0.39, 0.29) is 12.3 Å². The van der Waals surface area contributed by atoms with Gasteiger partial charge in [0.15, 0.2) is 18.1 Å². The maximum atomic E-state index is 12.1. The summed E-state index contributed by atoms with van der Waals surface area (Å²) in [7, 11) is 1.47. The first-order valence-electron chi connectivity index (χ1n) is 7.86. The van der Waals surface area contributed by atoms with Crippen LogP contribution >= 0.6 is 0 Å². The number of nitrogens with one attached hydrogen (secondary N) is 1. The molecule has 0 bridgehead atoms. The van der Waals surface area contributed by atoms with Crippen LogP contribution in [0.15, 0.2) is 42.5 Å². The van der Waals surface area contributed by atoms with Gasteiger partial charge in [-0.15, -0.1) is 0 Å². The molecule has 0 aliphatic heterocycles. The Morgan fingerprint density at radius 2 is 2.07 bits per heavy atom. The lowest BCUT2D eigenvalue weighted by Gasteiger charge is -2.08. The van der Waals surface area contributed by atoms with Crippen LogP contribution in [-0.2, 0) is 4.79 Å². The molecule has 2 aromatic carbocycles. The normalized spacial score (nSPS) is 10.3. The second-order valence-corrected chi connectivity index (χ2v) is 5.44. The molecular weight excluding hydrogens is 350 g/mol. The van der Waals surface area contributed by atoms with E-state index in [9.17, 15) is 14.9 Å². The summed E-state index contributed by atoms with van der Waals surface area (Å²) in [5.74, 6) is 0.423. The molecule has 2 rings (SSSR count). The van der Waals surface area contributed by atoms with Gasteiger partial charge in [0.2, 0.25) is 5.91 Å². The van der Waals surface area contributed by atoms with E-state index in [2.05, 4.69) is 5.32 Å². The van der Waals surface area contributed by atoms with Gasteiger partial charge in [-0.1, -0.05) is 12.1 Å². The molecule has 0 spiro atoms. The maximum Gasteiger partial charge on any atom is 0.274 e. The molecule has 1 amide bonds. The summed E-state index contributed by atoms with van der Waals surface area (Å²) in [5.41, 5.74) is 1.47. The van der Waals surface area contributed by atoms with Crippen LogP contribution in [0.25, 0.3) is 6.08 Å². The number of ether oxygens (including phenoxy) is 2. The number of nitrogens with zero attached hydrogens (tertiary/aromatic N) is 2. The monoisotopic (exact) mass is 367 g/mol. The minimum absolute atomic E-state index is 0.0607. The third kappa shape index (κ3) is 5.31. The zero-order valence-corrected chi connectivity index (χ0v) is 14.8. The second kappa shape index (κ2) is 9.01. The molecule has 0 aliphatic carbocycles. The summed E-state index contributed by atoms with van der Waals surface area (Å²) in [6.07, 6.45) is 2.87. The molecular formula is C19H17N3O5. The topological polar surface area (TPSA) is 114 Å². The van der Waals surface area contributed by atoms with E-state index < -0.39 is 10.8 Å². The number of aryl methyl sites for hydroxylation is 1. The average Bonchev–Trinajstić information content (AvgIpc) is 2.66. The van der Waals surface area contributed by atoms with Gasteiger partial charge < -0.3 is 14.8 Å². The third-order valence-electron chi connectivity index (χ3n) is 3.58. The molecule has 2 aromatic rings. The molecule has 0 saturated carbocycles. The lowest BCUT2D eigenvalue weighted by molar-refractivity contribution is -0.385. The Bertz CT molecular complexity index is 931. The SMILES string of the molecule is COc1cc(/C=C/C(=O)Nc2ccc(C)c([N+](=O)[O-])c2)ccc1OCC#N. The van der Waals surface area contributed by atoms with Gasteiger partial charge in [-0.2, -0.15) is 5.26 Å². The number of benzene rings is 2. The highest BCUT2D eigenvalue weighted by Crippen LogP contribution is 2.28.